The predicted octanol–water partition coefficient (Wildman–Crippen LogP) is 2.66. The third kappa shape index (κ3) is 4.25. The lowest BCUT2D eigenvalue weighted by atomic mass is 10.2. The average Bonchev–Trinajstić information content (AvgIpc) is 2.47. The van der Waals surface area contributed by atoms with Crippen LogP contribution in [0.4, 0.5) is 4.79 Å². The molecule has 1 heterocycles. The number of amides is 2. The molecule has 5 heteroatoms. The molecule has 4 nitrogen and oxygen atoms in total. The number of hydrogen-bond donors (Lipinski definition) is 1. The maximum atomic E-state index is 12.0. The summed E-state index contributed by atoms with van der Waals surface area (Å²) in [7, 11) is 0. The minimum atomic E-state index is -0.0426. The quantitative estimate of drug-likeness (QED) is 0.930. The number of likely N-dealkylation sites (N-methyl/N-ethyl adjacent to an activating group) is 1. The SMILES string of the molecule is CCN1CCN(C(=O)N/C=C/c2cccc(Cl)c2)CC1. The first-order valence-corrected chi connectivity index (χ1v) is 7.26. The van der Waals surface area contributed by atoms with Gasteiger partial charge in [-0.05, 0) is 30.3 Å². The number of piperazine rings is 1. The van der Waals surface area contributed by atoms with Gasteiger partial charge < -0.3 is 15.1 Å². The number of carbonyl (C=O) groups excluding carboxylic acids is 1. The van der Waals surface area contributed by atoms with Gasteiger partial charge in [0.15, 0.2) is 0 Å². The topological polar surface area (TPSA) is 35.6 Å². The molecule has 0 bridgehead atoms. The van der Waals surface area contributed by atoms with E-state index in [0.717, 1.165) is 38.3 Å². The van der Waals surface area contributed by atoms with Gasteiger partial charge in [0, 0.05) is 37.4 Å². The second-order valence-corrected chi connectivity index (χ2v) is 5.20. The predicted molar refractivity (Wildman–Crippen MR) is 82.7 cm³/mol. The largest absolute Gasteiger partial charge is 0.322 e. The first-order chi connectivity index (χ1) is 9.69. The number of urea groups is 1. The van der Waals surface area contributed by atoms with E-state index in [0.29, 0.717) is 5.02 Å². The van der Waals surface area contributed by atoms with Crippen molar-refractivity contribution in [1.29, 1.82) is 0 Å². The van der Waals surface area contributed by atoms with E-state index in [4.69, 9.17) is 11.6 Å². The summed E-state index contributed by atoms with van der Waals surface area (Å²) in [4.78, 5) is 16.1. The first-order valence-electron chi connectivity index (χ1n) is 6.89. The molecule has 1 saturated heterocycles. The Morgan fingerprint density at radius 3 is 2.75 bits per heavy atom. The van der Waals surface area contributed by atoms with E-state index in [9.17, 15) is 4.79 Å². The Kier molecular flexibility index (Phi) is 5.44. The average molecular weight is 294 g/mol. The molecule has 1 aromatic rings. The number of rotatable bonds is 3. The summed E-state index contributed by atoms with van der Waals surface area (Å²) < 4.78 is 0. The van der Waals surface area contributed by atoms with Crippen LogP contribution >= 0.6 is 11.6 Å². The van der Waals surface area contributed by atoms with Crippen LogP contribution in [0.25, 0.3) is 6.08 Å². The highest BCUT2D eigenvalue weighted by atomic mass is 35.5. The molecule has 0 saturated carbocycles. The van der Waals surface area contributed by atoms with Crippen LogP contribution in [-0.4, -0.2) is 48.6 Å². The maximum Gasteiger partial charge on any atom is 0.321 e. The highest BCUT2D eigenvalue weighted by Gasteiger charge is 2.18. The van der Waals surface area contributed by atoms with E-state index < -0.39 is 0 Å². The Morgan fingerprint density at radius 2 is 2.10 bits per heavy atom. The monoisotopic (exact) mass is 293 g/mol. The molecular weight excluding hydrogens is 274 g/mol. The fraction of sp³-hybridized carbons (Fsp3) is 0.400. The van der Waals surface area contributed by atoms with E-state index >= 15 is 0 Å². The zero-order chi connectivity index (χ0) is 14.4. The van der Waals surface area contributed by atoms with Crippen molar-refractivity contribution in [3.63, 3.8) is 0 Å². The van der Waals surface area contributed by atoms with Gasteiger partial charge in [0.2, 0.25) is 0 Å². The molecule has 20 heavy (non-hydrogen) atoms. The van der Waals surface area contributed by atoms with Crippen molar-refractivity contribution in [3.05, 3.63) is 41.1 Å². The van der Waals surface area contributed by atoms with Crippen molar-refractivity contribution in [2.75, 3.05) is 32.7 Å². The highest BCUT2D eigenvalue weighted by molar-refractivity contribution is 6.30. The molecule has 0 unspecified atom stereocenters. The van der Waals surface area contributed by atoms with Crippen molar-refractivity contribution in [1.82, 2.24) is 15.1 Å². The number of hydrogen-bond acceptors (Lipinski definition) is 2. The van der Waals surface area contributed by atoms with Crippen LogP contribution in [0.5, 0.6) is 0 Å². The van der Waals surface area contributed by atoms with Gasteiger partial charge in [-0.1, -0.05) is 30.7 Å². The number of nitrogens with one attached hydrogen (secondary N) is 1. The van der Waals surface area contributed by atoms with E-state index in [1.54, 1.807) is 6.20 Å². The van der Waals surface area contributed by atoms with Crippen LogP contribution in [0.3, 0.4) is 0 Å². The van der Waals surface area contributed by atoms with Crippen LogP contribution in [0.2, 0.25) is 5.02 Å². The van der Waals surface area contributed by atoms with Gasteiger partial charge in [-0.3, -0.25) is 0 Å². The second-order valence-electron chi connectivity index (χ2n) is 4.76. The van der Waals surface area contributed by atoms with Crippen molar-refractivity contribution in [2.45, 2.75) is 6.92 Å². The summed E-state index contributed by atoms with van der Waals surface area (Å²) in [6.45, 7) is 6.65. The number of nitrogens with zero attached hydrogens (tertiary/aromatic N) is 2. The summed E-state index contributed by atoms with van der Waals surface area (Å²) in [5.41, 5.74) is 0.966. The van der Waals surface area contributed by atoms with Crippen LogP contribution in [0.15, 0.2) is 30.5 Å². The zero-order valence-electron chi connectivity index (χ0n) is 11.7. The Morgan fingerprint density at radius 1 is 1.35 bits per heavy atom. The van der Waals surface area contributed by atoms with Gasteiger partial charge in [-0.2, -0.15) is 0 Å². The second kappa shape index (κ2) is 7.31. The van der Waals surface area contributed by atoms with Gasteiger partial charge in [0.25, 0.3) is 0 Å². The highest BCUT2D eigenvalue weighted by Crippen LogP contribution is 2.11. The fourth-order valence-corrected chi connectivity index (χ4v) is 2.38. The zero-order valence-corrected chi connectivity index (χ0v) is 12.4. The third-order valence-electron chi connectivity index (χ3n) is 3.44. The number of halogens is 1. The lowest BCUT2D eigenvalue weighted by molar-refractivity contribution is 0.145. The van der Waals surface area contributed by atoms with Crippen molar-refractivity contribution < 1.29 is 4.79 Å². The first kappa shape index (κ1) is 14.9. The van der Waals surface area contributed by atoms with E-state index in [1.165, 1.54) is 0 Å². The Balaban J connectivity index is 1.80. The molecule has 1 N–H and O–H groups in total. The van der Waals surface area contributed by atoms with Gasteiger partial charge in [-0.15, -0.1) is 0 Å². The number of benzene rings is 1. The molecular formula is C15H20ClN3O. The van der Waals surface area contributed by atoms with Gasteiger partial charge in [-0.25, -0.2) is 4.79 Å². The van der Waals surface area contributed by atoms with Crippen LogP contribution in [-0.2, 0) is 0 Å². The Bertz CT molecular complexity index is 482. The van der Waals surface area contributed by atoms with E-state index in [2.05, 4.69) is 17.1 Å². The standard InChI is InChI=1S/C15H20ClN3O/c1-2-18-8-10-19(11-9-18)15(20)17-7-6-13-4-3-5-14(16)12-13/h3-7,12H,2,8-11H2,1H3,(H,17,20)/b7-6+. The number of carbonyl (C=O) groups is 1. The van der Waals surface area contributed by atoms with Crippen molar-refractivity contribution in [3.8, 4) is 0 Å². The summed E-state index contributed by atoms with van der Waals surface area (Å²) in [6, 6.07) is 7.45. The van der Waals surface area contributed by atoms with Crippen LogP contribution < -0.4 is 5.32 Å². The van der Waals surface area contributed by atoms with Crippen molar-refractivity contribution >= 4 is 23.7 Å². The maximum absolute atomic E-state index is 12.0. The Labute approximate surface area is 125 Å². The summed E-state index contributed by atoms with van der Waals surface area (Å²) >= 11 is 5.90. The lowest BCUT2D eigenvalue weighted by Crippen LogP contribution is -2.50. The summed E-state index contributed by atoms with van der Waals surface area (Å²) in [6.07, 6.45) is 3.51. The van der Waals surface area contributed by atoms with E-state index in [1.807, 2.05) is 35.2 Å². The minimum Gasteiger partial charge on any atom is -0.322 e. The van der Waals surface area contributed by atoms with E-state index in [-0.39, 0.29) is 6.03 Å². The van der Waals surface area contributed by atoms with Gasteiger partial charge >= 0.3 is 6.03 Å². The molecule has 0 aliphatic carbocycles. The molecule has 0 spiro atoms. The molecule has 0 aromatic heterocycles. The fourth-order valence-electron chi connectivity index (χ4n) is 2.18. The third-order valence-corrected chi connectivity index (χ3v) is 3.67. The molecule has 0 radical (unpaired) electrons. The minimum absolute atomic E-state index is 0.0426. The molecule has 1 aliphatic heterocycles. The molecule has 0 atom stereocenters. The molecule has 1 fully saturated rings. The summed E-state index contributed by atoms with van der Waals surface area (Å²) in [5.74, 6) is 0. The van der Waals surface area contributed by atoms with Crippen molar-refractivity contribution in [2.24, 2.45) is 0 Å². The molecule has 108 valence electrons. The van der Waals surface area contributed by atoms with Gasteiger partial charge in [0.1, 0.15) is 0 Å². The molecule has 2 rings (SSSR count). The van der Waals surface area contributed by atoms with Crippen LogP contribution in [0.1, 0.15) is 12.5 Å². The normalized spacial score (nSPS) is 16.6. The smallest absolute Gasteiger partial charge is 0.321 e. The molecule has 2 amide bonds. The molecule has 1 aromatic carbocycles. The molecule has 1 aliphatic rings. The van der Waals surface area contributed by atoms with Gasteiger partial charge in [0.05, 0.1) is 0 Å². The van der Waals surface area contributed by atoms with Crippen LogP contribution in [0, 0.1) is 0 Å². The Hall–Kier alpha value is -1.52. The summed E-state index contributed by atoms with van der Waals surface area (Å²) in [5, 5.41) is 3.49. The lowest BCUT2D eigenvalue weighted by Gasteiger charge is -2.33.